The van der Waals surface area contributed by atoms with E-state index in [4.69, 9.17) is 0 Å². The Kier molecular flexibility index (Phi) is 3.57. The molecule has 6 heteroatoms. The van der Waals surface area contributed by atoms with Crippen LogP contribution in [0.25, 0.3) is 33.3 Å². The number of fused-ring (bicyclic) bond motifs is 1. The van der Waals surface area contributed by atoms with Crippen molar-refractivity contribution in [1.82, 2.24) is 9.97 Å². The fraction of sp³-hybridized carbons (Fsp3) is 0. The van der Waals surface area contributed by atoms with Crippen molar-refractivity contribution in [3.8, 4) is 22.3 Å². The van der Waals surface area contributed by atoms with Gasteiger partial charge in [0, 0.05) is 11.2 Å². The van der Waals surface area contributed by atoms with Crippen LogP contribution in [0.2, 0.25) is 0 Å². The second kappa shape index (κ2) is 5.90. The number of aromatic nitrogens is 2. The molecule has 1 heterocycles. The molecule has 0 bridgehead atoms. The summed E-state index contributed by atoms with van der Waals surface area (Å²) in [5.41, 5.74) is 2.14. The second-order valence-corrected chi connectivity index (χ2v) is 5.54. The molecule has 0 saturated carbocycles. The van der Waals surface area contributed by atoms with Gasteiger partial charge >= 0.3 is 0 Å². The van der Waals surface area contributed by atoms with Crippen LogP contribution in [0, 0.1) is 16.5 Å². The maximum Gasteiger partial charge on any atom is 0.270 e. The number of aromatic amines is 1. The SMILES string of the molecule is O=Nc1nc2c(F)c(-c3ccc(-c4ccccc4)cc3)c(F)cc2[nH]1. The fourth-order valence-electron chi connectivity index (χ4n) is 2.84. The molecular weight excluding hydrogens is 324 g/mol. The van der Waals surface area contributed by atoms with Crippen molar-refractivity contribution < 1.29 is 8.78 Å². The lowest BCUT2D eigenvalue weighted by atomic mass is 9.99. The van der Waals surface area contributed by atoms with Crippen LogP contribution in [0.3, 0.4) is 0 Å². The third-order valence-corrected chi connectivity index (χ3v) is 4.02. The van der Waals surface area contributed by atoms with Gasteiger partial charge in [-0.25, -0.2) is 13.8 Å². The lowest BCUT2D eigenvalue weighted by Gasteiger charge is -2.08. The summed E-state index contributed by atoms with van der Waals surface area (Å²) in [6.45, 7) is 0. The molecule has 4 nitrogen and oxygen atoms in total. The van der Waals surface area contributed by atoms with Crippen molar-refractivity contribution >= 4 is 17.0 Å². The molecule has 0 aliphatic heterocycles. The molecule has 0 aliphatic carbocycles. The van der Waals surface area contributed by atoms with Crippen molar-refractivity contribution in [3.63, 3.8) is 0 Å². The predicted molar refractivity (Wildman–Crippen MR) is 92.3 cm³/mol. The Bertz CT molecular complexity index is 1070. The monoisotopic (exact) mass is 335 g/mol. The van der Waals surface area contributed by atoms with E-state index in [2.05, 4.69) is 15.1 Å². The van der Waals surface area contributed by atoms with E-state index in [0.717, 1.165) is 17.2 Å². The van der Waals surface area contributed by atoms with E-state index in [1.807, 2.05) is 30.3 Å². The molecular formula is C19H11F2N3O. The Balaban J connectivity index is 1.83. The van der Waals surface area contributed by atoms with Crippen LogP contribution in [-0.4, -0.2) is 9.97 Å². The van der Waals surface area contributed by atoms with Gasteiger partial charge in [-0.05, 0) is 16.7 Å². The van der Waals surface area contributed by atoms with Crippen LogP contribution in [0.1, 0.15) is 0 Å². The third kappa shape index (κ3) is 2.57. The largest absolute Gasteiger partial charge is 0.319 e. The summed E-state index contributed by atoms with van der Waals surface area (Å²) in [4.78, 5) is 16.8. The van der Waals surface area contributed by atoms with Gasteiger partial charge in [0.05, 0.1) is 11.1 Å². The van der Waals surface area contributed by atoms with Crippen LogP contribution in [0.4, 0.5) is 14.7 Å². The lowest BCUT2D eigenvalue weighted by Crippen LogP contribution is -1.92. The first-order valence-corrected chi connectivity index (χ1v) is 7.54. The molecule has 3 aromatic carbocycles. The van der Waals surface area contributed by atoms with Crippen LogP contribution in [-0.2, 0) is 0 Å². The van der Waals surface area contributed by atoms with E-state index < -0.39 is 11.6 Å². The van der Waals surface area contributed by atoms with Gasteiger partial charge in [0.2, 0.25) is 0 Å². The number of nitrogens with zero attached hydrogens (tertiary/aromatic N) is 2. The minimum absolute atomic E-state index is 0.0919. The number of benzene rings is 3. The molecule has 0 amide bonds. The number of hydrogen-bond donors (Lipinski definition) is 1. The highest BCUT2D eigenvalue weighted by Gasteiger charge is 2.19. The van der Waals surface area contributed by atoms with Gasteiger partial charge in [-0.15, -0.1) is 4.91 Å². The second-order valence-electron chi connectivity index (χ2n) is 5.54. The molecule has 0 aliphatic rings. The quantitative estimate of drug-likeness (QED) is 0.497. The van der Waals surface area contributed by atoms with Gasteiger partial charge < -0.3 is 4.98 Å². The van der Waals surface area contributed by atoms with Crippen molar-refractivity contribution in [3.05, 3.63) is 77.2 Å². The minimum Gasteiger partial charge on any atom is -0.319 e. The van der Waals surface area contributed by atoms with E-state index in [1.54, 1.807) is 24.3 Å². The highest BCUT2D eigenvalue weighted by molar-refractivity contribution is 5.85. The van der Waals surface area contributed by atoms with E-state index in [0.29, 0.717) is 5.56 Å². The molecule has 0 radical (unpaired) electrons. The fourth-order valence-corrected chi connectivity index (χ4v) is 2.84. The van der Waals surface area contributed by atoms with Gasteiger partial charge in [0.15, 0.2) is 5.82 Å². The van der Waals surface area contributed by atoms with Crippen LogP contribution >= 0.6 is 0 Å². The average molecular weight is 335 g/mol. The molecule has 0 spiro atoms. The first-order valence-electron chi connectivity index (χ1n) is 7.54. The molecule has 25 heavy (non-hydrogen) atoms. The van der Waals surface area contributed by atoms with E-state index >= 15 is 0 Å². The molecule has 1 aromatic heterocycles. The smallest absolute Gasteiger partial charge is 0.270 e. The van der Waals surface area contributed by atoms with Crippen molar-refractivity contribution in [2.45, 2.75) is 0 Å². The zero-order chi connectivity index (χ0) is 17.4. The maximum atomic E-state index is 14.7. The molecule has 1 N–H and O–H groups in total. The van der Waals surface area contributed by atoms with Gasteiger partial charge in [0.1, 0.15) is 11.3 Å². The summed E-state index contributed by atoms with van der Waals surface area (Å²) >= 11 is 0. The normalized spacial score (nSPS) is 11.0. The predicted octanol–water partition coefficient (Wildman–Crippen LogP) is 5.57. The number of rotatable bonds is 3. The summed E-state index contributed by atoms with van der Waals surface area (Å²) in [5, 5.41) is 2.62. The van der Waals surface area contributed by atoms with Crippen molar-refractivity contribution in [1.29, 1.82) is 0 Å². The number of nitroso groups, excluding NO2 is 1. The lowest BCUT2D eigenvalue weighted by molar-refractivity contribution is 0.597. The summed E-state index contributed by atoms with van der Waals surface area (Å²) in [6, 6.07) is 17.7. The summed E-state index contributed by atoms with van der Waals surface area (Å²) < 4.78 is 29.1. The molecule has 4 rings (SSSR count). The zero-order valence-corrected chi connectivity index (χ0v) is 12.8. The zero-order valence-electron chi connectivity index (χ0n) is 12.8. The molecule has 4 aromatic rings. The van der Waals surface area contributed by atoms with Crippen LogP contribution in [0.5, 0.6) is 0 Å². The summed E-state index contributed by atoms with van der Waals surface area (Å²) in [7, 11) is 0. The standard InChI is InChI=1S/C19H11F2N3O/c20-14-10-15-18(23-19(22-15)24-25)17(21)16(14)13-8-6-12(7-9-13)11-4-2-1-3-5-11/h1-10H,(H,22,23). The minimum atomic E-state index is -0.825. The highest BCUT2D eigenvalue weighted by Crippen LogP contribution is 2.33. The van der Waals surface area contributed by atoms with Crippen molar-refractivity contribution in [2.24, 2.45) is 5.18 Å². The summed E-state index contributed by atoms with van der Waals surface area (Å²) in [5.74, 6) is -1.85. The van der Waals surface area contributed by atoms with Crippen LogP contribution < -0.4 is 0 Å². The number of halogens is 2. The van der Waals surface area contributed by atoms with Crippen LogP contribution in [0.15, 0.2) is 65.8 Å². The molecule has 0 saturated heterocycles. The maximum absolute atomic E-state index is 14.7. The van der Waals surface area contributed by atoms with Crippen molar-refractivity contribution in [2.75, 3.05) is 0 Å². The Morgan fingerprint density at radius 3 is 2.20 bits per heavy atom. The van der Waals surface area contributed by atoms with E-state index in [9.17, 15) is 13.7 Å². The number of H-pyrrole nitrogens is 1. The number of nitrogens with one attached hydrogen (secondary N) is 1. The number of imidazole rings is 1. The molecule has 0 fully saturated rings. The first-order chi connectivity index (χ1) is 12.2. The molecule has 122 valence electrons. The van der Waals surface area contributed by atoms with E-state index in [1.165, 1.54) is 0 Å². The van der Waals surface area contributed by atoms with Gasteiger partial charge in [-0.2, -0.15) is 0 Å². The first kappa shape index (κ1) is 15.1. The highest BCUT2D eigenvalue weighted by atomic mass is 19.1. The van der Waals surface area contributed by atoms with Gasteiger partial charge in [-0.1, -0.05) is 54.6 Å². The molecule has 0 unspecified atom stereocenters. The third-order valence-electron chi connectivity index (χ3n) is 4.02. The average Bonchev–Trinajstić information content (AvgIpc) is 3.06. The number of hydrogen-bond acceptors (Lipinski definition) is 3. The van der Waals surface area contributed by atoms with Gasteiger partial charge in [-0.3, -0.25) is 0 Å². The molecule has 0 atom stereocenters. The Morgan fingerprint density at radius 2 is 1.52 bits per heavy atom. The summed E-state index contributed by atoms with van der Waals surface area (Å²) in [6.07, 6.45) is 0. The Labute approximate surface area is 141 Å². The Morgan fingerprint density at radius 1 is 0.880 bits per heavy atom. The Hall–Kier alpha value is -3.41. The van der Waals surface area contributed by atoms with Gasteiger partial charge in [0.25, 0.3) is 5.95 Å². The van der Waals surface area contributed by atoms with E-state index in [-0.39, 0.29) is 22.5 Å². The topological polar surface area (TPSA) is 58.1 Å².